The third kappa shape index (κ3) is 2.62. The van der Waals surface area contributed by atoms with E-state index in [4.69, 9.17) is 4.52 Å². The molecule has 0 aliphatic rings. The fraction of sp³-hybridized carbons (Fsp3) is 0.385. The van der Waals surface area contributed by atoms with E-state index in [9.17, 15) is 0 Å². The van der Waals surface area contributed by atoms with Crippen molar-refractivity contribution in [3.8, 4) is 11.5 Å². The third-order valence-electron chi connectivity index (χ3n) is 2.78. The van der Waals surface area contributed by atoms with Crippen molar-refractivity contribution in [2.45, 2.75) is 33.2 Å². The molecule has 0 spiro atoms. The Bertz CT molecular complexity index is 712. The third-order valence-corrected chi connectivity index (χ3v) is 3.93. The van der Waals surface area contributed by atoms with E-state index in [0.717, 1.165) is 16.4 Å². The second kappa shape index (κ2) is 5.16. The van der Waals surface area contributed by atoms with E-state index in [0.29, 0.717) is 24.2 Å². The molecule has 0 radical (unpaired) electrons. The second-order valence-electron chi connectivity index (χ2n) is 4.89. The van der Waals surface area contributed by atoms with Crippen LogP contribution in [0.5, 0.6) is 0 Å². The molecule has 7 heteroatoms. The molecule has 0 unspecified atom stereocenters. The van der Waals surface area contributed by atoms with Gasteiger partial charge in [0.05, 0.1) is 10.7 Å². The van der Waals surface area contributed by atoms with E-state index in [2.05, 4.69) is 34.1 Å². The predicted octanol–water partition coefficient (Wildman–Crippen LogP) is 2.87. The Hall–Kier alpha value is -2.02. The summed E-state index contributed by atoms with van der Waals surface area (Å²) in [6.45, 7) is 6.65. The van der Waals surface area contributed by atoms with Crippen molar-refractivity contribution in [1.82, 2.24) is 24.9 Å². The largest absolute Gasteiger partial charge is 0.337 e. The van der Waals surface area contributed by atoms with Gasteiger partial charge in [-0.3, -0.25) is 4.68 Å². The molecule has 0 bridgehead atoms. The van der Waals surface area contributed by atoms with E-state index in [1.807, 2.05) is 24.6 Å². The van der Waals surface area contributed by atoms with E-state index in [1.54, 1.807) is 16.0 Å². The molecule has 20 heavy (non-hydrogen) atoms. The summed E-state index contributed by atoms with van der Waals surface area (Å²) in [7, 11) is 0. The first-order chi connectivity index (χ1) is 9.61. The maximum Gasteiger partial charge on any atom is 0.248 e. The van der Waals surface area contributed by atoms with Crippen molar-refractivity contribution in [2.24, 2.45) is 0 Å². The first kappa shape index (κ1) is 13.0. The van der Waals surface area contributed by atoms with Gasteiger partial charge in [-0.05, 0) is 13.0 Å². The van der Waals surface area contributed by atoms with Gasteiger partial charge < -0.3 is 4.52 Å². The normalized spacial score (nSPS) is 11.4. The lowest BCUT2D eigenvalue weighted by molar-refractivity contribution is 0.366. The molecule has 0 saturated carbocycles. The smallest absolute Gasteiger partial charge is 0.248 e. The zero-order valence-corrected chi connectivity index (χ0v) is 12.4. The van der Waals surface area contributed by atoms with Gasteiger partial charge in [-0.25, -0.2) is 4.98 Å². The van der Waals surface area contributed by atoms with Crippen LogP contribution in [-0.4, -0.2) is 24.9 Å². The number of hydrogen-bond donors (Lipinski definition) is 0. The van der Waals surface area contributed by atoms with Gasteiger partial charge in [-0.15, -0.1) is 11.3 Å². The molecule has 3 aromatic heterocycles. The Morgan fingerprint density at radius 2 is 2.20 bits per heavy atom. The second-order valence-corrected chi connectivity index (χ2v) is 5.78. The molecule has 0 aromatic carbocycles. The fourth-order valence-electron chi connectivity index (χ4n) is 1.77. The lowest BCUT2D eigenvalue weighted by Crippen LogP contribution is -2.00. The van der Waals surface area contributed by atoms with Crippen LogP contribution < -0.4 is 0 Å². The van der Waals surface area contributed by atoms with E-state index >= 15 is 0 Å². The van der Waals surface area contributed by atoms with Gasteiger partial charge in [0.1, 0.15) is 12.2 Å². The van der Waals surface area contributed by atoms with Crippen molar-refractivity contribution < 1.29 is 4.52 Å². The van der Waals surface area contributed by atoms with Crippen molar-refractivity contribution in [1.29, 1.82) is 0 Å². The van der Waals surface area contributed by atoms with Crippen molar-refractivity contribution in [3.63, 3.8) is 0 Å². The van der Waals surface area contributed by atoms with E-state index in [-0.39, 0.29) is 0 Å². The molecule has 0 atom stereocenters. The number of rotatable bonds is 4. The fourth-order valence-corrected chi connectivity index (χ4v) is 2.58. The van der Waals surface area contributed by atoms with Crippen LogP contribution in [0.1, 0.15) is 36.4 Å². The lowest BCUT2D eigenvalue weighted by atomic mass is 10.2. The standard InChI is InChI=1S/C13H15N5OS/c1-8(2)13-14-10(7-20-13)12-15-11(19-17-12)6-18-5-4-9(3)16-18/h4-5,7-8H,6H2,1-3H3. The average molecular weight is 289 g/mol. The monoisotopic (exact) mass is 289 g/mol. The summed E-state index contributed by atoms with van der Waals surface area (Å²) >= 11 is 1.62. The summed E-state index contributed by atoms with van der Waals surface area (Å²) < 4.78 is 7.02. The van der Waals surface area contributed by atoms with Crippen LogP contribution in [0, 0.1) is 6.92 Å². The van der Waals surface area contributed by atoms with E-state index < -0.39 is 0 Å². The summed E-state index contributed by atoms with van der Waals surface area (Å²) in [5, 5.41) is 11.3. The van der Waals surface area contributed by atoms with Gasteiger partial charge in [-0.1, -0.05) is 19.0 Å². The van der Waals surface area contributed by atoms with Crippen LogP contribution in [0.2, 0.25) is 0 Å². The zero-order chi connectivity index (χ0) is 14.1. The van der Waals surface area contributed by atoms with Crippen LogP contribution in [-0.2, 0) is 6.54 Å². The summed E-state index contributed by atoms with van der Waals surface area (Å²) in [5.74, 6) is 1.47. The Labute approximate surface area is 120 Å². The predicted molar refractivity (Wildman–Crippen MR) is 75.6 cm³/mol. The van der Waals surface area contributed by atoms with Crippen molar-refractivity contribution in [2.75, 3.05) is 0 Å². The van der Waals surface area contributed by atoms with Gasteiger partial charge >= 0.3 is 0 Å². The SMILES string of the molecule is Cc1ccn(Cc2nc(-c3csc(C(C)C)n3)no2)n1. The minimum atomic E-state index is 0.409. The topological polar surface area (TPSA) is 69.6 Å². The molecule has 0 aliphatic carbocycles. The Balaban J connectivity index is 1.78. The highest BCUT2D eigenvalue weighted by Crippen LogP contribution is 2.24. The van der Waals surface area contributed by atoms with Crippen molar-refractivity contribution in [3.05, 3.63) is 34.2 Å². The molecule has 0 fully saturated rings. The molecule has 0 amide bonds. The minimum Gasteiger partial charge on any atom is -0.337 e. The Morgan fingerprint density at radius 3 is 2.85 bits per heavy atom. The first-order valence-electron chi connectivity index (χ1n) is 6.40. The zero-order valence-electron chi connectivity index (χ0n) is 11.6. The maximum absolute atomic E-state index is 5.24. The molecule has 0 aliphatic heterocycles. The van der Waals surface area contributed by atoms with Crippen molar-refractivity contribution >= 4 is 11.3 Å². The van der Waals surface area contributed by atoms with Gasteiger partial charge in [0.2, 0.25) is 11.7 Å². The van der Waals surface area contributed by atoms with Crippen LogP contribution in [0.25, 0.3) is 11.5 Å². The van der Waals surface area contributed by atoms with Gasteiger partial charge in [0.25, 0.3) is 0 Å². The number of aryl methyl sites for hydroxylation is 1. The highest BCUT2D eigenvalue weighted by molar-refractivity contribution is 7.10. The summed E-state index contributed by atoms with van der Waals surface area (Å²) in [5.41, 5.74) is 1.73. The van der Waals surface area contributed by atoms with Crippen LogP contribution in [0.3, 0.4) is 0 Å². The minimum absolute atomic E-state index is 0.409. The molecular formula is C13H15N5OS. The summed E-state index contributed by atoms with van der Waals surface area (Å²) in [6, 6.07) is 1.94. The molecule has 3 heterocycles. The molecule has 104 valence electrons. The van der Waals surface area contributed by atoms with Gasteiger partial charge in [-0.2, -0.15) is 10.1 Å². The van der Waals surface area contributed by atoms with Gasteiger partial charge in [0, 0.05) is 17.5 Å². The first-order valence-corrected chi connectivity index (χ1v) is 7.28. The number of hydrogen-bond acceptors (Lipinski definition) is 6. The quantitative estimate of drug-likeness (QED) is 0.738. The van der Waals surface area contributed by atoms with Crippen LogP contribution in [0.15, 0.2) is 22.2 Å². The molecule has 0 saturated heterocycles. The van der Waals surface area contributed by atoms with Gasteiger partial charge in [0.15, 0.2) is 0 Å². The summed E-state index contributed by atoms with van der Waals surface area (Å²) in [4.78, 5) is 8.88. The number of nitrogens with zero attached hydrogens (tertiary/aromatic N) is 5. The number of thiazole rings is 1. The average Bonchev–Trinajstić information content (AvgIpc) is 3.10. The van der Waals surface area contributed by atoms with Crippen LogP contribution in [0.4, 0.5) is 0 Å². The Morgan fingerprint density at radius 1 is 1.35 bits per heavy atom. The van der Waals surface area contributed by atoms with E-state index in [1.165, 1.54) is 0 Å². The molecule has 6 nitrogen and oxygen atoms in total. The van der Waals surface area contributed by atoms with Crippen LogP contribution >= 0.6 is 11.3 Å². The summed E-state index contributed by atoms with van der Waals surface area (Å²) in [6.07, 6.45) is 1.89. The number of aromatic nitrogens is 5. The Kier molecular flexibility index (Phi) is 3.35. The lowest BCUT2D eigenvalue weighted by Gasteiger charge is -1.95. The molecule has 0 N–H and O–H groups in total. The molecule has 3 rings (SSSR count). The highest BCUT2D eigenvalue weighted by atomic mass is 32.1. The molecule has 3 aromatic rings. The highest BCUT2D eigenvalue weighted by Gasteiger charge is 2.14. The maximum atomic E-state index is 5.24. The molecular weight excluding hydrogens is 274 g/mol.